The number of rotatable bonds is 2. The Hall–Kier alpha value is 0.373. The fraction of sp³-hybridized carbons (Fsp3) is 0.143. The summed E-state index contributed by atoms with van der Waals surface area (Å²) < 4.78 is 22.9. The number of hydrogen-bond donors (Lipinski definition) is 0. The molecule has 0 radical (unpaired) electrons. The first-order valence-electron chi connectivity index (χ1n) is 3.27. The molecule has 0 N–H and O–H groups in total. The molecule has 0 bridgehead atoms. The maximum atomic E-state index is 11.4. The topological polar surface area (TPSA) is 34.1 Å². The first-order chi connectivity index (χ1) is 5.94. The molecule has 13 heavy (non-hydrogen) atoms. The van der Waals surface area contributed by atoms with E-state index in [0.29, 0.717) is 0 Å². The van der Waals surface area contributed by atoms with Crippen LogP contribution < -0.4 is 0 Å². The van der Waals surface area contributed by atoms with Crippen molar-refractivity contribution in [2.75, 3.05) is 0 Å². The van der Waals surface area contributed by atoms with Crippen LogP contribution in [0.1, 0.15) is 5.56 Å². The molecule has 0 aliphatic rings. The minimum atomic E-state index is -3.42. The van der Waals surface area contributed by atoms with E-state index in [2.05, 4.69) is 0 Å². The van der Waals surface area contributed by atoms with Crippen LogP contribution in [0.25, 0.3) is 0 Å². The van der Waals surface area contributed by atoms with Crippen LogP contribution in [0.2, 0.25) is 0 Å². The van der Waals surface area contributed by atoms with Gasteiger partial charge in [0.25, 0.3) is 0 Å². The number of halogens is 2. The Kier molecular flexibility index (Phi) is 3.76. The molecule has 0 spiro atoms. The molecule has 0 heterocycles. The Balaban J connectivity index is 3.17. The van der Waals surface area contributed by atoms with E-state index in [4.69, 9.17) is 19.4 Å². The standard InChI is InChI=1S/C7H7O2S.2ClH.Ru/c1-6-2-4-7(5-3-6)10(8)9;;;/h2-5H,1H3;2*1H;/q;;;+2/p-2. The Labute approximate surface area is 89.6 Å². The first kappa shape index (κ1) is 11.4. The van der Waals surface area contributed by atoms with Gasteiger partial charge in [-0.1, -0.05) is 0 Å². The summed E-state index contributed by atoms with van der Waals surface area (Å²) in [5.74, 6) is 0. The van der Waals surface area contributed by atoms with Gasteiger partial charge in [-0.15, -0.1) is 0 Å². The second-order valence-electron chi connectivity index (χ2n) is 2.40. The molecule has 0 unspecified atom stereocenters. The van der Waals surface area contributed by atoms with E-state index >= 15 is 0 Å². The van der Waals surface area contributed by atoms with Gasteiger partial charge >= 0.3 is 90.0 Å². The first-order valence-corrected chi connectivity index (χ1v) is 11.2. The minimum absolute atomic E-state index is 0.210. The predicted octanol–water partition coefficient (Wildman–Crippen LogP) is 2.61. The Bertz CT molecular complexity index is 385. The number of benzene rings is 1. The number of hydrogen-bond acceptors (Lipinski definition) is 2. The van der Waals surface area contributed by atoms with E-state index in [1.54, 1.807) is 12.1 Å². The van der Waals surface area contributed by atoms with Crippen molar-refractivity contribution in [3.05, 3.63) is 29.8 Å². The van der Waals surface area contributed by atoms with Gasteiger partial charge in [-0.05, 0) is 0 Å². The third-order valence-corrected chi connectivity index (χ3v) is 11.0. The molecule has 0 saturated heterocycles. The van der Waals surface area contributed by atoms with Gasteiger partial charge in [-0.2, -0.15) is 0 Å². The molecular weight excluding hydrogens is 320 g/mol. The summed E-state index contributed by atoms with van der Waals surface area (Å²) in [4.78, 5) is 0.210. The van der Waals surface area contributed by atoms with Crippen LogP contribution >= 0.6 is 19.4 Å². The summed E-state index contributed by atoms with van der Waals surface area (Å²) in [5.41, 5.74) is 1.00. The summed E-state index contributed by atoms with van der Waals surface area (Å²) >= 11 is -2.75. The van der Waals surface area contributed by atoms with Gasteiger partial charge in [0, 0.05) is 0 Å². The molecule has 0 aliphatic carbocycles. The molecule has 2 nitrogen and oxygen atoms in total. The Morgan fingerprint density at radius 1 is 1.15 bits per heavy atom. The van der Waals surface area contributed by atoms with E-state index in [-0.39, 0.29) is 4.90 Å². The van der Waals surface area contributed by atoms with Gasteiger partial charge in [-0.25, -0.2) is 0 Å². The second kappa shape index (κ2) is 4.26. The Morgan fingerprint density at radius 3 is 2.00 bits per heavy atom. The van der Waals surface area contributed by atoms with Crippen LogP contribution in [-0.4, -0.2) is 8.42 Å². The fourth-order valence-corrected chi connectivity index (χ4v) is 5.22. The van der Waals surface area contributed by atoms with Crippen molar-refractivity contribution in [1.29, 1.82) is 0 Å². The third kappa shape index (κ3) is 2.66. The molecule has 6 heteroatoms. The van der Waals surface area contributed by atoms with E-state index in [0.717, 1.165) is 5.56 Å². The zero-order valence-electron chi connectivity index (χ0n) is 6.64. The molecule has 75 valence electrons. The van der Waals surface area contributed by atoms with Crippen molar-refractivity contribution in [1.82, 2.24) is 0 Å². The van der Waals surface area contributed by atoms with Gasteiger partial charge in [0.15, 0.2) is 0 Å². The van der Waals surface area contributed by atoms with Gasteiger partial charge < -0.3 is 0 Å². The van der Waals surface area contributed by atoms with Crippen LogP contribution in [0.5, 0.6) is 0 Å². The van der Waals surface area contributed by atoms with E-state index < -0.39 is 20.6 Å². The van der Waals surface area contributed by atoms with Gasteiger partial charge in [-0.3, -0.25) is 0 Å². The van der Waals surface area contributed by atoms with Gasteiger partial charge in [0.05, 0.1) is 0 Å². The summed E-state index contributed by atoms with van der Waals surface area (Å²) in [6, 6.07) is 6.49. The Morgan fingerprint density at radius 2 is 1.62 bits per heavy atom. The molecule has 0 amide bonds. The van der Waals surface area contributed by atoms with Crippen molar-refractivity contribution in [3.63, 3.8) is 0 Å². The van der Waals surface area contributed by atoms with Crippen LogP contribution in [0.3, 0.4) is 0 Å². The molecular formula is C7H7Cl2O2RuS. The molecule has 1 rings (SSSR count). The van der Waals surface area contributed by atoms with Gasteiger partial charge in [0.1, 0.15) is 0 Å². The molecule has 1 aromatic rings. The number of aryl methyl sites for hydroxylation is 1. The zero-order chi connectivity index (χ0) is 10.1. The van der Waals surface area contributed by atoms with Crippen molar-refractivity contribution < 1.29 is 21.2 Å². The quantitative estimate of drug-likeness (QED) is 0.783. The average molecular weight is 327 g/mol. The normalized spacial score (nSPS) is 12.7. The monoisotopic (exact) mass is 327 g/mol. The molecule has 0 atom stereocenters. The second-order valence-corrected chi connectivity index (χ2v) is 14.9. The van der Waals surface area contributed by atoms with Crippen LogP contribution in [0.15, 0.2) is 29.2 Å². The van der Waals surface area contributed by atoms with E-state index in [1.165, 1.54) is 12.1 Å². The predicted molar refractivity (Wildman–Crippen MR) is 50.1 cm³/mol. The molecule has 0 fully saturated rings. The summed E-state index contributed by atoms with van der Waals surface area (Å²) in [6.07, 6.45) is 0. The van der Waals surface area contributed by atoms with Gasteiger partial charge in [0.2, 0.25) is 0 Å². The van der Waals surface area contributed by atoms with Crippen LogP contribution in [-0.2, 0) is 20.6 Å². The molecule has 0 aliphatic heterocycles. The van der Waals surface area contributed by atoms with Crippen molar-refractivity contribution in [2.45, 2.75) is 11.8 Å². The van der Waals surface area contributed by atoms with Crippen LogP contribution in [0.4, 0.5) is 0 Å². The SMILES string of the molecule is Cc1ccc([S](=O)(=O)[Ru]([Cl])[Cl])cc1. The molecule has 1 aromatic carbocycles. The molecule has 0 aromatic heterocycles. The van der Waals surface area contributed by atoms with Crippen molar-refractivity contribution in [2.24, 2.45) is 0 Å². The zero-order valence-corrected chi connectivity index (χ0v) is 10.7. The maximum absolute atomic E-state index is 11.4. The molecule has 0 saturated carbocycles. The van der Waals surface area contributed by atoms with Crippen molar-refractivity contribution >= 4 is 27.2 Å². The summed E-state index contributed by atoms with van der Waals surface area (Å²) in [7, 11) is 7.51. The fourth-order valence-electron chi connectivity index (χ4n) is 0.760. The van der Waals surface area contributed by atoms with Crippen LogP contribution in [0, 0.1) is 6.92 Å². The van der Waals surface area contributed by atoms with E-state index in [9.17, 15) is 8.42 Å². The van der Waals surface area contributed by atoms with Crippen molar-refractivity contribution in [3.8, 4) is 0 Å². The third-order valence-electron chi connectivity index (χ3n) is 1.44. The summed E-state index contributed by atoms with van der Waals surface area (Å²) in [6.45, 7) is 1.88. The average Bonchev–Trinajstić information content (AvgIpc) is 2.04. The summed E-state index contributed by atoms with van der Waals surface area (Å²) in [5, 5.41) is 0. The van der Waals surface area contributed by atoms with E-state index in [1.807, 2.05) is 6.92 Å².